The number of aryl methyl sites for hydroxylation is 3. The number of ether oxygens (including phenoxy) is 3. The molecule has 0 amide bonds. The number of hydrogen-bond donors (Lipinski definition) is 3. The van der Waals surface area contributed by atoms with Gasteiger partial charge < -0.3 is 29.3 Å². The third-order valence-electron chi connectivity index (χ3n) is 10.7. The second-order valence-electron chi connectivity index (χ2n) is 13.5. The van der Waals surface area contributed by atoms with Gasteiger partial charge in [0.2, 0.25) is 0 Å². The minimum absolute atomic E-state index is 0.125. The van der Waals surface area contributed by atoms with Crippen LogP contribution >= 0.6 is 0 Å². The van der Waals surface area contributed by atoms with Crippen molar-refractivity contribution in [2.75, 3.05) is 21.3 Å². The maximum absolute atomic E-state index is 13.7. The van der Waals surface area contributed by atoms with Gasteiger partial charge in [-0.2, -0.15) is 0 Å². The van der Waals surface area contributed by atoms with E-state index in [2.05, 4.69) is 16.5 Å². The normalized spacial score (nSPS) is 17.8. The number of aromatic nitrogens is 4. The van der Waals surface area contributed by atoms with E-state index in [1.165, 1.54) is 21.3 Å². The van der Waals surface area contributed by atoms with E-state index in [-0.39, 0.29) is 30.8 Å². The fourth-order valence-corrected chi connectivity index (χ4v) is 7.68. The Labute approximate surface area is 306 Å². The van der Waals surface area contributed by atoms with E-state index in [1.807, 2.05) is 45.9 Å². The Balaban J connectivity index is 1.77. The first-order chi connectivity index (χ1) is 25.3. The maximum Gasteiger partial charge on any atom is 0.334 e. The van der Waals surface area contributed by atoms with Gasteiger partial charge >= 0.3 is 23.9 Å². The van der Waals surface area contributed by atoms with Crippen molar-refractivity contribution in [3.63, 3.8) is 0 Å². The molecule has 0 saturated heterocycles. The fraction of sp³-hybridized carbons (Fsp3) is 0.317. The van der Waals surface area contributed by atoms with Crippen molar-refractivity contribution in [2.45, 2.75) is 58.8 Å². The number of hydrogen-bond acceptors (Lipinski definition) is 9. The average Bonchev–Trinajstić information content (AvgIpc) is 3.79. The van der Waals surface area contributed by atoms with Crippen LogP contribution in [0, 0.1) is 19.8 Å². The number of carboxylic acid groups (broad SMARTS) is 1. The number of fused-ring (bicyclic) bond motifs is 11. The summed E-state index contributed by atoms with van der Waals surface area (Å²) in [7, 11) is 3.89. The van der Waals surface area contributed by atoms with Gasteiger partial charge in [0.15, 0.2) is 0 Å². The molecule has 2 atom stereocenters. The molecule has 3 aliphatic rings. The number of carbonyl (C=O) groups excluding carboxylic acids is 3. The molecule has 0 radical (unpaired) electrons. The van der Waals surface area contributed by atoms with Crippen LogP contribution in [0.15, 0.2) is 48.6 Å². The first-order valence-corrected chi connectivity index (χ1v) is 17.2. The van der Waals surface area contributed by atoms with E-state index >= 15 is 0 Å². The minimum atomic E-state index is -1.19. The summed E-state index contributed by atoms with van der Waals surface area (Å²) >= 11 is 0. The SMILES string of the molecule is C=Cc1c(C)c2cc3nc(cc4nc(cc5[nH]c(cc1[nH]2)c(C)c5CCC(=O)OC)C(CCC(=O)O)=C4C)[C@]1(C)C3=CC=C(C(=O)OC)[C@@H]1C(=O)OC. The molecule has 1 aliphatic carbocycles. The second kappa shape index (κ2) is 14.2. The quantitative estimate of drug-likeness (QED) is 0.159. The maximum atomic E-state index is 13.7. The zero-order valence-corrected chi connectivity index (χ0v) is 30.9. The average molecular weight is 719 g/mol. The molecule has 0 aromatic carbocycles. The van der Waals surface area contributed by atoms with E-state index in [9.17, 15) is 24.3 Å². The number of allylic oxidation sites excluding steroid dienone is 5. The lowest BCUT2D eigenvalue weighted by atomic mass is 9.64. The molecule has 3 N–H and O–H groups in total. The minimum Gasteiger partial charge on any atom is -0.481 e. The third kappa shape index (κ3) is 6.28. The highest BCUT2D eigenvalue weighted by molar-refractivity contribution is 6.02. The predicted octanol–water partition coefficient (Wildman–Crippen LogP) is 6.72. The zero-order chi connectivity index (χ0) is 38.4. The van der Waals surface area contributed by atoms with Crippen molar-refractivity contribution in [1.82, 2.24) is 19.9 Å². The van der Waals surface area contributed by atoms with Crippen LogP contribution in [-0.2, 0) is 45.2 Å². The Hall–Kier alpha value is -6.04. The van der Waals surface area contributed by atoms with Gasteiger partial charge in [-0.1, -0.05) is 24.8 Å². The molecule has 5 heterocycles. The van der Waals surface area contributed by atoms with Crippen molar-refractivity contribution < 1.29 is 38.5 Å². The molecule has 53 heavy (non-hydrogen) atoms. The molecular formula is C41H42N4O8. The van der Waals surface area contributed by atoms with Gasteiger partial charge in [0.25, 0.3) is 0 Å². The number of aromatic amines is 2. The number of methoxy groups -OCH3 is 3. The van der Waals surface area contributed by atoms with Crippen molar-refractivity contribution in [3.8, 4) is 0 Å². The number of carboxylic acids is 1. The number of nitrogens with zero attached hydrogens (tertiary/aromatic N) is 2. The first-order valence-electron chi connectivity index (χ1n) is 17.2. The molecule has 0 unspecified atom stereocenters. The van der Waals surface area contributed by atoms with Gasteiger partial charge in [-0.25, -0.2) is 9.78 Å². The Morgan fingerprint density at radius 3 is 2.19 bits per heavy atom. The molecule has 2 aliphatic heterocycles. The smallest absolute Gasteiger partial charge is 0.334 e. The summed E-state index contributed by atoms with van der Waals surface area (Å²) in [5, 5.41) is 9.67. The van der Waals surface area contributed by atoms with E-state index in [1.54, 1.807) is 24.3 Å². The highest BCUT2D eigenvalue weighted by Crippen LogP contribution is 2.52. The van der Waals surface area contributed by atoms with E-state index in [0.717, 1.165) is 55.5 Å². The lowest BCUT2D eigenvalue weighted by Gasteiger charge is -2.36. The second-order valence-corrected chi connectivity index (χ2v) is 13.5. The van der Waals surface area contributed by atoms with Crippen molar-refractivity contribution in [2.24, 2.45) is 5.92 Å². The largest absolute Gasteiger partial charge is 0.481 e. The highest BCUT2D eigenvalue weighted by Gasteiger charge is 2.53. The van der Waals surface area contributed by atoms with Crippen LogP contribution in [0.4, 0.5) is 0 Å². The van der Waals surface area contributed by atoms with Gasteiger partial charge in [-0.3, -0.25) is 19.4 Å². The van der Waals surface area contributed by atoms with Crippen molar-refractivity contribution in [3.05, 3.63) is 93.6 Å². The summed E-state index contributed by atoms with van der Waals surface area (Å²) in [5.41, 5.74) is 9.91. The molecule has 3 aromatic rings. The van der Waals surface area contributed by atoms with Gasteiger partial charge in [0.1, 0.15) is 5.92 Å². The first kappa shape index (κ1) is 36.7. The molecule has 0 fully saturated rings. The Morgan fingerprint density at radius 2 is 1.53 bits per heavy atom. The van der Waals surface area contributed by atoms with Crippen molar-refractivity contribution in [1.29, 1.82) is 0 Å². The number of H-pyrrole nitrogens is 2. The number of esters is 3. The van der Waals surface area contributed by atoms with Crippen LogP contribution in [0.5, 0.6) is 0 Å². The summed E-state index contributed by atoms with van der Waals surface area (Å²) in [6.07, 6.45) is 5.78. The standard InChI is InChI=1S/C41H42N4O8/c1-9-23-20(2)29-17-34-27-13-10-26(39(49)52-7)38(40(50)53-8)41(27,5)35(45-34)19-30-22(4)24(11-14-36(46)47)32(44-30)18-33-25(12-15-37(48)51-6)21(3)28(43-33)16-31(23)42-29/h9-10,13,16-19,38,42-43H,1,11-12,14-15H2,2-8H3,(H,46,47)/t38-,41+/m1/s1. The lowest BCUT2D eigenvalue weighted by molar-refractivity contribution is -0.149. The Bertz CT molecular complexity index is 2370. The molecule has 3 aromatic heterocycles. The number of rotatable bonds is 9. The molecule has 12 nitrogen and oxygen atoms in total. The molecule has 274 valence electrons. The topological polar surface area (TPSA) is 174 Å². The van der Waals surface area contributed by atoms with Crippen LogP contribution in [0.3, 0.4) is 0 Å². The fourth-order valence-electron chi connectivity index (χ4n) is 7.68. The molecule has 12 heteroatoms. The third-order valence-corrected chi connectivity index (χ3v) is 10.7. The van der Waals surface area contributed by atoms with Gasteiger partial charge in [0, 0.05) is 40.5 Å². The summed E-state index contributed by atoms with van der Waals surface area (Å²) in [6, 6.07) is 7.59. The Morgan fingerprint density at radius 1 is 0.830 bits per heavy atom. The number of carbonyl (C=O) groups is 4. The molecule has 8 bridgehead atoms. The number of nitrogens with one attached hydrogen (secondary N) is 2. The summed E-state index contributed by atoms with van der Waals surface area (Å²) in [6.45, 7) is 11.8. The summed E-state index contributed by atoms with van der Waals surface area (Å²) in [4.78, 5) is 68.1. The summed E-state index contributed by atoms with van der Waals surface area (Å²) < 4.78 is 15.3. The van der Waals surface area contributed by atoms with Crippen molar-refractivity contribution >= 4 is 68.7 Å². The molecular weight excluding hydrogens is 676 g/mol. The predicted molar refractivity (Wildman–Crippen MR) is 201 cm³/mol. The van der Waals surface area contributed by atoms with Crippen LogP contribution in [0.25, 0.3) is 44.9 Å². The van der Waals surface area contributed by atoms with E-state index in [4.69, 9.17) is 24.2 Å². The molecule has 0 spiro atoms. The van der Waals surface area contributed by atoms with E-state index < -0.39 is 29.2 Å². The highest BCUT2D eigenvalue weighted by atomic mass is 16.5. The van der Waals surface area contributed by atoms with E-state index in [0.29, 0.717) is 34.8 Å². The van der Waals surface area contributed by atoms with Crippen LogP contribution in [0.1, 0.15) is 78.1 Å². The van der Waals surface area contributed by atoms with Crippen LogP contribution < -0.4 is 0 Å². The zero-order valence-electron chi connectivity index (χ0n) is 30.9. The van der Waals surface area contributed by atoms with Gasteiger partial charge in [-0.05, 0) is 98.2 Å². The van der Waals surface area contributed by atoms with Crippen LogP contribution in [-0.4, -0.2) is 70.2 Å². The molecule has 6 rings (SSSR count). The Kier molecular flexibility index (Phi) is 9.83. The summed E-state index contributed by atoms with van der Waals surface area (Å²) in [5.74, 6) is -3.70. The number of aliphatic carboxylic acids is 1. The molecule has 0 saturated carbocycles. The van der Waals surface area contributed by atoms with Gasteiger partial charge in [0.05, 0.1) is 55.1 Å². The monoisotopic (exact) mass is 718 g/mol. The van der Waals surface area contributed by atoms with Crippen LogP contribution in [0.2, 0.25) is 0 Å². The van der Waals surface area contributed by atoms with Gasteiger partial charge in [-0.15, -0.1) is 0 Å². The lowest BCUT2D eigenvalue weighted by Crippen LogP contribution is -2.42.